The summed E-state index contributed by atoms with van der Waals surface area (Å²) in [4.78, 5) is 0. The van der Waals surface area contributed by atoms with Crippen LogP contribution in [0.1, 0.15) is 5.56 Å². The van der Waals surface area contributed by atoms with Gasteiger partial charge in [0.15, 0.2) is 11.5 Å². The highest BCUT2D eigenvalue weighted by atomic mass is 19.4. The highest BCUT2D eigenvalue weighted by Gasteiger charge is 2.34. The smallest absolute Gasteiger partial charge is 0.417 e. The van der Waals surface area contributed by atoms with Crippen LogP contribution in [0.3, 0.4) is 0 Å². The Bertz CT molecular complexity index is 1360. The van der Waals surface area contributed by atoms with Crippen LogP contribution in [-0.2, 0) is 6.18 Å². The standard InChI is InChI=1S/C24H18F3NO4/c1-30-20-11-10-14(12-22(20)31-2)21-13-19(28-29)17-8-5-7-16(23(17)32-21)15-6-3-4-9-18(15)24(25,26)27/h3-13,29H,1-2H3. The Hall–Kier alpha value is -3.94. The average Bonchev–Trinajstić information content (AvgIpc) is 2.81. The lowest BCUT2D eigenvalue weighted by molar-refractivity contribution is -0.137. The van der Waals surface area contributed by atoms with Gasteiger partial charge in [-0.25, -0.2) is 0 Å². The molecule has 0 aliphatic heterocycles. The molecule has 0 spiro atoms. The highest BCUT2D eigenvalue weighted by molar-refractivity contribution is 5.93. The third-order valence-corrected chi connectivity index (χ3v) is 5.07. The number of benzene rings is 3. The molecule has 0 aliphatic rings. The Morgan fingerprint density at radius 2 is 1.56 bits per heavy atom. The minimum Gasteiger partial charge on any atom is -0.493 e. The summed E-state index contributed by atoms with van der Waals surface area (Å²) in [6.45, 7) is 0. The summed E-state index contributed by atoms with van der Waals surface area (Å²) in [6, 6.07) is 16.5. The van der Waals surface area contributed by atoms with Crippen LogP contribution in [0.15, 0.2) is 76.3 Å². The zero-order chi connectivity index (χ0) is 22.9. The lowest BCUT2D eigenvalue weighted by Crippen LogP contribution is -2.08. The van der Waals surface area contributed by atoms with Crippen LogP contribution in [0.25, 0.3) is 33.4 Å². The Morgan fingerprint density at radius 1 is 0.844 bits per heavy atom. The third kappa shape index (κ3) is 3.75. The van der Waals surface area contributed by atoms with Crippen LogP contribution >= 0.6 is 0 Å². The first-order valence-corrected chi connectivity index (χ1v) is 9.51. The first kappa shape index (κ1) is 21.3. The van der Waals surface area contributed by atoms with Gasteiger partial charge in [-0.2, -0.15) is 13.2 Å². The molecule has 1 N–H and O–H groups in total. The minimum atomic E-state index is -4.55. The molecule has 0 bridgehead atoms. The lowest BCUT2D eigenvalue weighted by Gasteiger charge is -2.15. The number of fused-ring (bicyclic) bond motifs is 1. The summed E-state index contributed by atoms with van der Waals surface area (Å²) >= 11 is 0. The van der Waals surface area contributed by atoms with Crippen molar-refractivity contribution in [2.45, 2.75) is 6.18 Å². The maximum Gasteiger partial charge on any atom is 0.417 e. The van der Waals surface area contributed by atoms with E-state index in [1.165, 1.54) is 44.6 Å². The van der Waals surface area contributed by atoms with E-state index in [1.54, 1.807) is 30.3 Å². The second-order valence-electron chi connectivity index (χ2n) is 6.89. The molecule has 0 atom stereocenters. The monoisotopic (exact) mass is 441 g/mol. The van der Waals surface area contributed by atoms with E-state index >= 15 is 0 Å². The van der Waals surface area contributed by atoms with Gasteiger partial charge in [0.05, 0.1) is 19.8 Å². The number of para-hydroxylation sites is 1. The number of methoxy groups -OCH3 is 2. The molecule has 4 aromatic rings. The van der Waals surface area contributed by atoms with Crippen molar-refractivity contribution in [1.29, 1.82) is 0 Å². The van der Waals surface area contributed by atoms with E-state index < -0.39 is 11.7 Å². The maximum atomic E-state index is 13.7. The number of nitrogens with zero attached hydrogens (tertiary/aromatic N) is 1. The predicted octanol–water partition coefficient (Wildman–Crippen LogP) is 6.09. The predicted molar refractivity (Wildman–Crippen MR) is 113 cm³/mol. The van der Waals surface area contributed by atoms with E-state index in [0.717, 1.165) is 6.07 Å². The van der Waals surface area contributed by atoms with Crippen molar-refractivity contribution in [1.82, 2.24) is 0 Å². The Morgan fingerprint density at radius 3 is 2.25 bits per heavy atom. The molecular weight excluding hydrogens is 423 g/mol. The lowest BCUT2D eigenvalue weighted by atomic mass is 9.97. The zero-order valence-corrected chi connectivity index (χ0v) is 17.1. The molecule has 0 radical (unpaired) electrons. The third-order valence-electron chi connectivity index (χ3n) is 5.07. The molecule has 0 amide bonds. The highest BCUT2D eigenvalue weighted by Crippen LogP contribution is 2.40. The average molecular weight is 441 g/mol. The second kappa shape index (κ2) is 8.30. The van der Waals surface area contributed by atoms with Crippen LogP contribution in [0.4, 0.5) is 13.2 Å². The van der Waals surface area contributed by atoms with Gasteiger partial charge in [0, 0.05) is 22.6 Å². The summed E-state index contributed by atoms with van der Waals surface area (Å²) in [5, 5.41) is 13.4. The molecule has 0 saturated carbocycles. The van der Waals surface area contributed by atoms with Crippen molar-refractivity contribution in [2.75, 3.05) is 14.2 Å². The van der Waals surface area contributed by atoms with Crippen LogP contribution < -0.4 is 14.8 Å². The van der Waals surface area contributed by atoms with Gasteiger partial charge in [-0.15, -0.1) is 0 Å². The molecule has 0 aliphatic carbocycles. The van der Waals surface area contributed by atoms with Gasteiger partial charge < -0.3 is 19.1 Å². The molecule has 3 aromatic carbocycles. The Balaban J connectivity index is 2.02. The van der Waals surface area contributed by atoms with Crippen molar-refractivity contribution < 1.29 is 32.3 Å². The van der Waals surface area contributed by atoms with Gasteiger partial charge in [0.2, 0.25) is 0 Å². The fraction of sp³-hybridized carbons (Fsp3) is 0.125. The van der Waals surface area contributed by atoms with Gasteiger partial charge in [-0.3, -0.25) is 0 Å². The zero-order valence-electron chi connectivity index (χ0n) is 17.1. The number of rotatable bonds is 4. The first-order valence-electron chi connectivity index (χ1n) is 9.51. The van der Waals surface area contributed by atoms with E-state index in [2.05, 4.69) is 5.16 Å². The minimum absolute atomic E-state index is 0.0392. The van der Waals surface area contributed by atoms with E-state index in [9.17, 15) is 18.4 Å². The Labute approximate surface area is 180 Å². The van der Waals surface area contributed by atoms with Crippen LogP contribution in [-0.4, -0.2) is 19.4 Å². The van der Waals surface area contributed by atoms with Crippen LogP contribution in [0.5, 0.6) is 11.5 Å². The second-order valence-corrected chi connectivity index (χ2v) is 6.89. The van der Waals surface area contributed by atoms with Crippen molar-refractivity contribution in [3.63, 3.8) is 0 Å². The van der Waals surface area contributed by atoms with Crippen molar-refractivity contribution in [3.05, 3.63) is 77.7 Å². The van der Waals surface area contributed by atoms with Crippen LogP contribution in [0, 0.1) is 0 Å². The molecule has 1 aromatic heterocycles. The molecule has 4 rings (SSSR count). The van der Waals surface area contributed by atoms with E-state index in [1.807, 2.05) is 0 Å². The van der Waals surface area contributed by atoms with Crippen molar-refractivity contribution in [3.8, 4) is 33.9 Å². The molecule has 8 heteroatoms. The summed E-state index contributed by atoms with van der Waals surface area (Å²) in [6.07, 6.45) is -4.55. The molecule has 0 fully saturated rings. The normalized spacial score (nSPS) is 12.2. The summed E-state index contributed by atoms with van der Waals surface area (Å²) in [5.74, 6) is 1.23. The van der Waals surface area contributed by atoms with Gasteiger partial charge in [-0.05, 0) is 35.9 Å². The molecule has 1 heterocycles. The van der Waals surface area contributed by atoms with Gasteiger partial charge in [0.25, 0.3) is 0 Å². The molecular formula is C24H18F3NO4. The van der Waals surface area contributed by atoms with Gasteiger partial charge in [0.1, 0.15) is 16.7 Å². The molecule has 5 nitrogen and oxygen atoms in total. The fourth-order valence-electron chi connectivity index (χ4n) is 3.58. The quantitative estimate of drug-likeness (QED) is 0.307. The van der Waals surface area contributed by atoms with E-state index in [0.29, 0.717) is 22.4 Å². The van der Waals surface area contributed by atoms with Crippen molar-refractivity contribution in [2.24, 2.45) is 5.16 Å². The number of hydrogen-bond donors (Lipinski definition) is 1. The maximum absolute atomic E-state index is 13.7. The number of ether oxygens (including phenoxy) is 2. The summed E-state index contributed by atoms with van der Waals surface area (Å²) in [7, 11) is 2.99. The molecule has 32 heavy (non-hydrogen) atoms. The molecule has 164 valence electrons. The van der Waals surface area contributed by atoms with E-state index in [4.69, 9.17) is 13.9 Å². The molecule has 0 saturated heterocycles. The SMILES string of the molecule is COc1ccc(-c2cc(=NO)c3cccc(-c4ccccc4C(F)(F)F)c3o2)cc1OC. The summed E-state index contributed by atoms with van der Waals surface area (Å²) < 4.78 is 57.6. The van der Waals surface area contributed by atoms with Crippen molar-refractivity contribution >= 4 is 11.0 Å². The number of halogens is 3. The Kier molecular flexibility index (Phi) is 5.52. The number of alkyl halides is 3. The topological polar surface area (TPSA) is 64.2 Å². The van der Waals surface area contributed by atoms with Gasteiger partial charge in [-0.1, -0.05) is 35.5 Å². The number of hydrogen-bond acceptors (Lipinski definition) is 5. The first-order chi connectivity index (χ1) is 15.4. The summed E-state index contributed by atoms with van der Waals surface area (Å²) in [5.41, 5.74) is 0.115. The van der Waals surface area contributed by atoms with Crippen LogP contribution in [0.2, 0.25) is 0 Å². The van der Waals surface area contributed by atoms with Gasteiger partial charge >= 0.3 is 6.18 Å². The molecule has 0 unspecified atom stereocenters. The van der Waals surface area contributed by atoms with E-state index in [-0.39, 0.29) is 27.8 Å². The largest absolute Gasteiger partial charge is 0.493 e. The fourth-order valence-corrected chi connectivity index (χ4v) is 3.58.